The van der Waals surface area contributed by atoms with Crippen LogP contribution in [0.3, 0.4) is 0 Å². The fourth-order valence-corrected chi connectivity index (χ4v) is 2.23. The molecule has 1 amide bonds. The topological polar surface area (TPSA) is 41.1 Å². The van der Waals surface area contributed by atoms with Crippen LogP contribution in [0.25, 0.3) is 0 Å². The van der Waals surface area contributed by atoms with Gasteiger partial charge in [-0.1, -0.05) is 42.8 Å². The molecule has 0 spiro atoms. The number of hydrogen-bond acceptors (Lipinski definition) is 2. The average molecular weight is 303 g/mol. The molecule has 0 heterocycles. The van der Waals surface area contributed by atoms with Crippen LogP contribution in [0, 0.1) is 6.92 Å². The van der Waals surface area contributed by atoms with Gasteiger partial charge in [-0.15, -0.1) is 0 Å². The van der Waals surface area contributed by atoms with Crippen LogP contribution < -0.4 is 10.6 Å². The zero-order valence-corrected chi connectivity index (χ0v) is 12.9. The molecular formula is C17H19ClN2O. The van der Waals surface area contributed by atoms with Crippen molar-refractivity contribution in [2.45, 2.75) is 26.3 Å². The number of rotatable bonds is 5. The molecule has 0 saturated heterocycles. The van der Waals surface area contributed by atoms with Crippen molar-refractivity contribution >= 4 is 28.9 Å². The maximum absolute atomic E-state index is 12.3. The molecular weight excluding hydrogens is 284 g/mol. The monoisotopic (exact) mass is 302 g/mol. The van der Waals surface area contributed by atoms with Gasteiger partial charge in [-0.2, -0.15) is 0 Å². The fourth-order valence-electron chi connectivity index (χ4n) is 2.06. The summed E-state index contributed by atoms with van der Waals surface area (Å²) >= 11 is 6.11. The first-order valence-corrected chi connectivity index (χ1v) is 7.37. The van der Waals surface area contributed by atoms with Crippen molar-refractivity contribution < 1.29 is 4.79 Å². The number of benzene rings is 2. The number of hydrogen-bond donors (Lipinski definition) is 2. The Hall–Kier alpha value is -2.00. The first-order valence-electron chi connectivity index (χ1n) is 6.99. The highest BCUT2D eigenvalue weighted by molar-refractivity contribution is 6.31. The van der Waals surface area contributed by atoms with E-state index < -0.39 is 0 Å². The highest BCUT2D eigenvalue weighted by atomic mass is 35.5. The number of para-hydroxylation sites is 1. The number of carbonyl (C=O) groups is 1. The van der Waals surface area contributed by atoms with E-state index in [0.717, 1.165) is 16.9 Å². The summed E-state index contributed by atoms with van der Waals surface area (Å²) in [5.41, 5.74) is 2.63. The largest absolute Gasteiger partial charge is 0.373 e. The van der Waals surface area contributed by atoms with Crippen molar-refractivity contribution in [1.29, 1.82) is 0 Å². The van der Waals surface area contributed by atoms with E-state index in [2.05, 4.69) is 10.6 Å². The third-order valence-corrected chi connectivity index (χ3v) is 3.77. The molecule has 0 aromatic heterocycles. The lowest BCUT2D eigenvalue weighted by Crippen LogP contribution is -2.34. The highest BCUT2D eigenvalue weighted by Crippen LogP contribution is 2.24. The SMILES string of the molecule is CC[C@H](Nc1cccc(Cl)c1C)C(=O)Nc1ccccc1. The summed E-state index contributed by atoms with van der Waals surface area (Å²) in [7, 11) is 0. The van der Waals surface area contributed by atoms with Gasteiger partial charge in [-0.05, 0) is 43.2 Å². The summed E-state index contributed by atoms with van der Waals surface area (Å²) in [6.07, 6.45) is 0.685. The second kappa shape index (κ2) is 7.14. The molecule has 0 unspecified atom stereocenters. The predicted molar refractivity (Wildman–Crippen MR) is 89.0 cm³/mol. The first-order chi connectivity index (χ1) is 10.1. The molecule has 2 aromatic carbocycles. The van der Waals surface area contributed by atoms with E-state index in [1.807, 2.05) is 62.4 Å². The molecule has 3 nitrogen and oxygen atoms in total. The van der Waals surface area contributed by atoms with Gasteiger partial charge >= 0.3 is 0 Å². The Balaban J connectivity index is 2.09. The van der Waals surface area contributed by atoms with Crippen molar-refractivity contribution in [3.63, 3.8) is 0 Å². The molecule has 2 rings (SSSR count). The third kappa shape index (κ3) is 3.99. The van der Waals surface area contributed by atoms with E-state index in [4.69, 9.17) is 11.6 Å². The summed E-state index contributed by atoms with van der Waals surface area (Å²) in [5.74, 6) is -0.0527. The molecule has 4 heteroatoms. The minimum Gasteiger partial charge on any atom is -0.373 e. The van der Waals surface area contributed by atoms with E-state index in [0.29, 0.717) is 11.4 Å². The number of nitrogens with one attached hydrogen (secondary N) is 2. The second-order valence-corrected chi connectivity index (χ2v) is 5.28. The second-order valence-electron chi connectivity index (χ2n) is 4.87. The molecule has 0 bridgehead atoms. The average Bonchev–Trinajstić information content (AvgIpc) is 2.49. The number of carbonyl (C=O) groups excluding carboxylic acids is 1. The minimum absolute atomic E-state index is 0.0527. The molecule has 0 aliphatic rings. The molecule has 2 N–H and O–H groups in total. The Labute approximate surface area is 130 Å². The molecule has 21 heavy (non-hydrogen) atoms. The normalized spacial score (nSPS) is 11.8. The molecule has 0 fully saturated rings. The van der Waals surface area contributed by atoms with Crippen LogP contribution in [0.15, 0.2) is 48.5 Å². The fraction of sp³-hybridized carbons (Fsp3) is 0.235. The molecule has 0 radical (unpaired) electrons. The van der Waals surface area contributed by atoms with Gasteiger partial charge in [-0.25, -0.2) is 0 Å². The van der Waals surface area contributed by atoms with Crippen molar-refractivity contribution in [3.05, 3.63) is 59.1 Å². The van der Waals surface area contributed by atoms with Crippen LogP contribution in [-0.4, -0.2) is 11.9 Å². The van der Waals surface area contributed by atoms with Gasteiger partial charge in [0.15, 0.2) is 0 Å². The Morgan fingerprint density at radius 2 is 1.86 bits per heavy atom. The summed E-state index contributed by atoms with van der Waals surface area (Å²) in [6, 6.07) is 14.8. The summed E-state index contributed by atoms with van der Waals surface area (Å²) in [6.45, 7) is 3.91. The van der Waals surface area contributed by atoms with Crippen LogP contribution in [0.4, 0.5) is 11.4 Å². The van der Waals surface area contributed by atoms with Gasteiger partial charge in [0.2, 0.25) is 5.91 Å². The Morgan fingerprint density at radius 3 is 2.52 bits per heavy atom. The lowest BCUT2D eigenvalue weighted by molar-refractivity contribution is -0.116. The lowest BCUT2D eigenvalue weighted by Gasteiger charge is -2.19. The maximum atomic E-state index is 12.3. The first kappa shape index (κ1) is 15.4. The lowest BCUT2D eigenvalue weighted by atomic mass is 10.1. The predicted octanol–water partition coefficient (Wildman–Crippen LogP) is 4.48. The zero-order valence-electron chi connectivity index (χ0n) is 12.2. The summed E-state index contributed by atoms with van der Waals surface area (Å²) < 4.78 is 0. The molecule has 0 saturated carbocycles. The number of amides is 1. The van der Waals surface area contributed by atoms with Crippen molar-refractivity contribution in [2.75, 3.05) is 10.6 Å². The van der Waals surface area contributed by atoms with Crippen molar-refractivity contribution in [2.24, 2.45) is 0 Å². The minimum atomic E-state index is -0.303. The van der Waals surface area contributed by atoms with Crippen molar-refractivity contribution in [3.8, 4) is 0 Å². The van der Waals surface area contributed by atoms with Crippen molar-refractivity contribution in [1.82, 2.24) is 0 Å². The smallest absolute Gasteiger partial charge is 0.246 e. The van der Waals surface area contributed by atoms with E-state index in [9.17, 15) is 4.79 Å². The van der Waals surface area contributed by atoms with Gasteiger partial charge in [0.05, 0.1) is 0 Å². The summed E-state index contributed by atoms with van der Waals surface area (Å²) in [4.78, 5) is 12.3. The van der Waals surface area contributed by atoms with Gasteiger partial charge in [0.25, 0.3) is 0 Å². The maximum Gasteiger partial charge on any atom is 0.246 e. The molecule has 0 aliphatic carbocycles. The van der Waals surface area contributed by atoms with E-state index in [1.54, 1.807) is 0 Å². The van der Waals surface area contributed by atoms with Gasteiger partial charge < -0.3 is 10.6 Å². The molecule has 2 aromatic rings. The molecule has 1 atom stereocenters. The van der Waals surface area contributed by atoms with Gasteiger partial charge in [-0.3, -0.25) is 4.79 Å². The van der Waals surface area contributed by atoms with E-state index >= 15 is 0 Å². The highest BCUT2D eigenvalue weighted by Gasteiger charge is 2.17. The van der Waals surface area contributed by atoms with Crippen LogP contribution in [0.1, 0.15) is 18.9 Å². The third-order valence-electron chi connectivity index (χ3n) is 3.36. The van der Waals surface area contributed by atoms with E-state index in [-0.39, 0.29) is 11.9 Å². The molecule has 0 aliphatic heterocycles. The Morgan fingerprint density at radius 1 is 1.14 bits per heavy atom. The van der Waals surface area contributed by atoms with Crippen LogP contribution in [-0.2, 0) is 4.79 Å². The number of halogens is 1. The standard InChI is InChI=1S/C17H19ClN2O/c1-3-15(17(21)19-13-8-5-4-6-9-13)20-16-11-7-10-14(18)12(16)2/h4-11,15,20H,3H2,1-2H3,(H,19,21)/t15-/m0/s1. The number of anilines is 2. The van der Waals surface area contributed by atoms with E-state index in [1.165, 1.54) is 0 Å². The quantitative estimate of drug-likeness (QED) is 0.855. The van der Waals surface area contributed by atoms with Crippen LogP contribution >= 0.6 is 11.6 Å². The van der Waals surface area contributed by atoms with Crippen LogP contribution in [0.5, 0.6) is 0 Å². The Kier molecular flexibility index (Phi) is 5.23. The molecule has 110 valence electrons. The zero-order chi connectivity index (χ0) is 15.2. The van der Waals surface area contributed by atoms with Crippen LogP contribution in [0.2, 0.25) is 5.02 Å². The van der Waals surface area contributed by atoms with Gasteiger partial charge in [0.1, 0.15) is 6.04 Å². The summed E-state index contributed by atoms with van der Waals surface area (Å²) in [5, 5.41) is 6.87. The van der Waals surface area contributed by atoms with Gasteiger partial charge in [0, 0.05) is 16.4 Å². The Bertz CT molecular complexity index is 613.